The van der Waals surface area contributed by atoms with Crippen LogP contribution in [0.5, 0.6) is 0 Å². The van der Waals surface area contributed by atoms with Crippen molar-refractivity contribution in [1.82, 2.24) is 19.9 Å². The highest BCUT2D eigenvalue weighted by Crippen LogP contribution is 2.30. The average Bonchev–Trinajstić information content (AvgIpc) is 3.08. The van der Waals surface area contributed by atoms with Crippen LogP contribution in [0, 0.1) is 6.92 Å². The number of amides is 1. The van der Waals surface area contributed by atoms with Gasteiger partial charge in [-0.2, -0.15) is 0 Å². The zero-order chi connectivity index (χ0) is 20.4. The number of rotatable bonds is 4. The Kier molecular flexibility index (Phi) is 5.51. The summed E-state index contributed by atoms with van der Waals surface area (Å²) in [6.07, 6.45) is 3.41. The largest absolute Gasteiger partial charge is 0.354 e. The van der Waals surface area contributed by atoms with Crippen molar-refractivity contribution in [3.63, 3.8) is 0 Å². The molecule has 0 spiro atoms. The molecule has 150 valence electrons. The number of halogens is 1. The summed E-state index contributed by atoms with van der Waals surface area (Å²) < 4.78 is 1.96. The molecule has 8 heteroatoms. The van der Waals surface area contributed by atoms with Gasteiger partial charge in [0.15, 0.2) is 0 Å². The van der Waals surface area contributed by atoms with E-state index in [-0.39, 0.29) is 5.91 Å². The highest BCUT2D eigenvalue weighted by atomic mass is 35.5. The van der Waals surface area contributed by atoms with Crippen molar-refractivity contribution in [1.29, 1.82) is 0 Å². The third kappa shape index (κ3) is 4.11. The Hall–Kier alpha value is -2.90. The molecule has 0 atom stereocenters. The number of anilines is 2. The summed E-state index contributed by atoms with van der Waals surface area (Å²) in [5.74, 6) is 1.43. The molecule has 29 heavy (non-hydrogen) atoms. The van der Waals surface area contributed by atoms with Crippen LogP contribution in [0.1, 0.15) is 16.1 Å². The summed E-state index contributed by atoms with van der Waals surface area (Å²) in [4.78, 5) is 23.8. The van der Waals surface area contributed by atoms with E-state index in [1.807, 2.05) is 30.7 Å². The normalized spacial score (nSPS) is 14.1. The summed E-state index contributed by atoms with van der Waals surface area (Å²) in [7, 11) is 1.94. The van der Waals surface area contributed by atoms with Gasteiger partial charge in [-0.15, -0.1) is 0 Å². The van der Waals surface area contributed by atoms with E-state index in [1.54, 1.807) is 30.6 Å². The fourth-order valence-corrected chi connectivity index (χ4v) is 3.53. The lowest BCUT2D eigenvalue weighted by atomic mass is 10.1. The Bertz CT molecular complexity index is 1020. The van der Waals surface area contributed by atoms with Crippen molar-refractivity contribution in [2.24, 2.45) is 7.05 Å². The zero-order valence-electron chi connectivity index (χ0n) is 16.4. The predicted molar refractivity (Wildman–Crippen MR) is 116 cm³/mol. The van der Waals surface area contributed by atoms with Crippen molar-refractivity contribution >= 4 is 29.0 Å². The van der Waals surface area contributed by atoms with Crippen LogP contribution < -0.4 is 15.5 Å². The molecular formula is C21H23ClN6O. The van der Waals surface area contributed by atoms with Gasteiger partial charge in [0.25, 0.3) is 5.91 Å². The monoisotopic (exact) mass is 410 g/mol. The van der Waals surface area contributed by atoms with Gasteiger partial charge in [0.2, 0.25) is 0 Å². The standard InChI is InChI=1S/C21H23ClN6O/c1-14-12-25-20(27(14)2)17-11-16(4-5-18(17)22)26-21(29)15-3-6-19(24-13-15)28-9-7-23-8-10-28/h3-6,11-13,23H,7-10H2,1-2H3,(H,26,29). The first kappa shape index (κ1) is 19.4. The SMILES string of the molecule is Cc1cnc(-c2cc(NC(=O)c3ccc(N4CCNCC4)nc3)ccc2Cl)n1C. The topological polar surface area (TPSA) is 75.1 Å². The van der Waals surface area contributed by atoms with Gasteiger partial charge in [-0.1, -0.05) is 11.6 Å². The molecule has 0 saturated carbocycles. The number of hydrogen-bond acceptors (Lipinski definition) is 5. The first-order valence-corrected chi connectivity index (χ1v) is 9.92. The van der Waals surface area contributed by atoms with Crippen molar-refractivity contribution < 1.29 is 4.79 Å². The van der Waals surface area contributed by atoms with Crippen molar-refractivity contribution in [3.05, 3.63) is 59.0 Å². The highest BCUT2D eigenvalue weighted by Gasteiger charge is 2.15. The molecule has 2 aromatic heterocycles. The number of benzene rings is 1. The Balaban J connectivity index is 1.51. The van der Waals surface area contributed by atoms with Crippen LogP contribution in [0.2, 0.25) is 5.02 Å². The quantitative estimate of drug-likeness (QED) is 0.691. The van der Waals surface area contributed by atoms with Crippen LogP contribution in [-0.2, 0) is 7.05 Å². The molecule has 1 amide bonds. The smallest absolute Gasteiger partial charge is 0.257 e. The maximum absolute atomic E-state index is 12.7. The number of carbonyl (C=O) groups is 1. The predicted octanol–water partition coefficient (Wildman–Crippen LogP) is 3.11. The van der Waals surface area contributed by atoms with E-state index in [4.69, 9.17) is 11.6 Å². The zero-order valence-corrected chi connectivity index (χ0v) is 17.2. The molecule has 4 rings (SSSR count). The second-order valence-corrected chi connectivity index (χ2v) is 7.48. The van der Waals surface area contributed by atoms with Crippen LogP contribution in [0.25, 0.3) is 11.4 Å². The molecule has 1 aliphatic heterocycles. The molecule has 7 nitrogen and oxygen atoms in total. The fourth-order valence-electron chi connectivity index (χ4n) is 3.32. The van der Waals surface area contributed by atoms with Crippen LogP contribution in [0.4, 0.5) is 11.5 Å². The van der Waals surface area contributed by atoms with Crippen molar-refractivity contribution in [2.75, 3.05) is 36.4 Å². The number of piperazine rings is 1. The van der Waals surface area contributed by atoms with Gasteiger partial charge >= 0.3 is 0 Å². The second kappa shape index (κ2) is 8.23. The van der Waals surface area contributed by atoms with Gasteiger partial charge in [-0.25, -0.2) is 9.97 Å². The molecule has 0 radical (unpaired) electrons. The van der Waals surface area contributed by atoms with Gasteiger partial charge in [-0.05, 0) is 37.3 Å². The molecule has 1 fully saturated rings. The summed E-state index contributed by atoms with van der Waals surface area (Å²) in [6.45, 7) is 5.70. The van der Waals surface area contributed by atoms with Crippen LogP contribution >= 0.6 is 11.6 Å². The lowest BCUT2D eigenvalue weighted by Crippen LogP contribution is -2.43. The minimum atomic E-state index is -0.214. The Morgan fingerprint density at radius 3 is 2.59 bits per heavy atom. The average molecular weight is 411 g/mol. The molecular weight excluding hydrogens is 388 g/mol. The lowest BCUT2D eigenvalue weighted by molar-refractivity contribution is 0.102. The van der Waals surface area contributed by atoms with E-state index >= 15 is 0 Å². The number of imidazole rings is 1. The number of aryl methyl sites for hydroxylation is 1. The number of nitrogens with one attached hydrogen (secondary N) is 2. The molecule has 1 saturated heterocycles. The van der Waals surface area contributed by atoms with E-state index in [0.29, 0.717) is 16.3 Å². The van der Waals surface area contributed by atoms with Gasteiger partial charge in [0, 0.05) is 62.6 Å². The summed E-state index contributed by atoms with van der Waals surface area (Å²) in [6, 6.07) is 9.08. The van der Waals surface area contributed by atoms with Gasteiger partial charge in [-0.3, -0.25) is 4.79 Å². The van der Waals surface area contributed by atoms with Crippen molar-refractivity contribution in [3.8, 4) is 11.4 Å². The van der Waals surface area contributed by atoms with Gasteiger partial charge < -0.3 is 20.1 Å². The Morgan fingerprint density at radius 2 is 1.93 bits per heavy atom. The number of nitrogens with zero attached hydrogens (tertiary/aromatic N) is 4. The van der Waals surface area contributed by atoms with E-state index < -0.39 is 0 Å². The molecule has 3 aromatic rings. The molecule has 1 aliphatic rings. The first-order chi connectivity index (χ1) is 14.0. The molecule has 0 unspecified atom stereocenters. The summed E-state index contributed by atoms with van der Waals surface area (Å²) >= 11 is 6.37. The second-order valence-electron chi connectivity index (χ2n) is 7.07. The number of pyridine rings is 1. The fraction of sp³-hybridized carbons (Fsp3) is 0.286. The Morgan fingerprint density at radius 1 is 1.14 bits per heavy atom. The van der Waals surface area contributed by atoms with Crippen LogP contribution in [0.3, 0.4) is 0 Å². The molecule has 2 N–H and O–H groups in total. The maximum Gasteiger partial charge on any atom is 0.257 e. The van der Waals surface area contributed by atoms with Gasteiger partial charge in [0.05, 0.1) is 10.6 Å². The summed E-state index contributed by atoms with van der Waals surface area (Å²) in [5, 5.41) is 6.82. The van der Waals surface area contributed by atoms with E-state index in [0.717, 1.165) is 49.1 Å². The number of hydrogen-bond donors (Lipinski definition) is 2. The minimum absolute atomic E-state index is 0.214. The molecule has 0 bridgehead atoms. The summed E-state index contributed by atoms with van der Waals surface area (Å²) in [5.41, 5.74) is 2.96. The third-order valence-electron chi connectivity index (χ3n) is 5.14. The third-order valence-corrected chi connectivity index (χ3v) is 5.47. The highest BCUT2D eigenvalue weighted by molar-refractivity contribution is 6.33. The van der Waals surface area contributed by atoms with Crippen LogP contribution in [0.15, 0.2) is 42.7 Å². The van der Waals surface area contributed by atoms with E-state index in [1.165, 1.54) is 0 Å². The van der Waals surface area contributed by atoms with Crippen molar-refractivity contribution in [2.45, 2.75) is 6.92 Å². The van der Waals surface area contributed by atoms with E-state index in [9.17, 15) is 4.79 Å². The first-order valence-electron chi connectivity index (χ1n) is 9.54. The maximum atomic E-state index is 12.7. The Labute approximate surface area is 174 Å². The lowest BCUT2D eigenvalue weighted by Gasteiger charge is -2.28. The molecule has 1 aromatic carbocycles. The molecule has 3 heterocycles. The number of carbonyl (C=O) groups excluding carboxylic acids is 1. The number of aromatic nitrogens is 3. The van der Waals surface area contributed by atoms with Crippen LogP contribution in [-0.4, -0.2) is 46.6 Å². The van der Waals surface area contributed by atoms with E-state index in [2.05, 4.69) is 25.5 Å². The minimum Gasteiger partial charge on any atom is -0.354 e. The van der Waals surface area contributed by atoms with Gasteiger partial charge in [0.1, 0.15) is 11.6 Å². The molecule has 0 aliphatic carbocycles.